The van der Waals surface area contributed by atoms with E-state index in [-0.39, 0.29) is 5.56 Å². The van der Waals surface area contributed by atoms with E-state index in [1.165, 1.54) is 0 Å². The highest BCUT2D eigenvalue weighted by atomic mass is 16.5. The fourth-order valence-electron chi connectivity index (χ4n) is 3.23. The number of amides is 1. The van der Waals surface area contributed by atoms with Crippen molar-refractivity contribution in [2.45, 2.75) is 0 Å². The first-order chi connectivity index (χ1) is 14.7. The molecule has 1 amide bonds. The van der Waals surface area contributed by atoms with Crippen molar-refractivity contribution in [1.29, 1.82) is 0 Å². The average molecular weight is 397 g/mol. The van der Waals surface area contributed by atoms with Crippen molar-refractivity contribution in [2.75, 3.05) is 12.4 Å². The molecule has 0 saturated heterocycles. The first-order valence-electron chi connectivity index (χ1n) is 9.36. The van der Waals surface area contributed by atoms with E-state index in [0.717, 1.165) is 11.1 Å². The summed E-state index contributed by atoms with van der Waals surface area (Å²) in [4.78, 5) is 25.9. The summed E-state index contributed by atoms with van der Waals surface area (Å²) in [6.07, 6.45) is 0. The van der Waals surface area contributed by atoms with Crippen LogP contribution >= 0.6 is 0 Å². The first-order valence-corrected chi connectivity index (χ1v) is 9.36. The van der Waals surface area contributed by atoms with E-state index in [1.807, 2.05) is 60.7 Å². The number of nitrogens with zero attached hydrogens (tertiary/aromatic N) is 1. The van der Waals surface area contributed by atoms with Crippen molar-refractivity contribution in [2.24, 2.45) is 0 Å². The zero-order chi connectivity index (χ0) is 20.9. The van der Waals surface area contributed by atoms with Crippen LogP contribution in [0.1, 0.15) is 10.4 Å². The minimum absolute atomic E-state index is 0.00544. The lowest BCUT2D eigenvalue weighted by atomic mass is 9.95. The fourth-order valence-corrected chi connectivity index (χ4v) is 3.23. The SMILES string of the molecule is COc1ccc(NC(=O)c2c(-c3ccccc3)c(-c3ccccc3)n[nH]c2=O)cc1. The largest absolute Gasteiger partial charge is 0.497 e. The standard InChI is InChI=1S/C24H19N3O3/c1-30-19-14-12-18(13-15-19)25-23(28)21-20(16-8-4-2-5-9-16)22(26-27-24(21)29)17-10-6-3-7-11-17/h2-15H,1H3,(H,25,28)(H,27,29). The number of benzene rings is 3. The number of nitrogens with one attached hydrogen (secondary N) is 2. The van der Waals surface area contributed by atoms with Crippen LogP contribution < -0.4 is 15.6 Å². The lowest BCUT2D eigenvalue weighted by molar-refractivity contribution is 0.102. The summed E-state index contributed by atoms with van der Waals surface area (Å²) < 4.78 is 5.14. The number of carbonyl (C=O) groups excluding carboxylic acids is 1. The van der Waals surface area contributed by atoms with E-state index in [1.54, 1.807) is 31.4 Å². The highest BCUT2D eigenvalue weighted by Gasteiger charge is 2.23. The molecule has 30 heavy (non-hydrogen) atoms. The summed E-state index contributed by atoms with van der Waals surface area (Å²) in [7, 11) is 1.57. The Hall–Kier alpha value is -4.19. The molecule has 4 rings (SSSR count). The van der Waals surface area contributed by atoms with Crippen LogP contribution in [0, 0.1) is 0 Å². The quantitative estimate of drug-likeness (QED) is 0.524. The molecule has 0 atom stereocenters. The van der Waals surface area contributed by atoms with E-state index >= 15 is 0 Å². The molecule has 0 aliphatic heterocycles. The van der Waals surface area contributed by atoms with E-state index in [4.69, 9.17) is 4.74 Å². The van der Waals surface area contributed by atoms with Gasteiger partial charge in [0.05, 0.1) is 12.8 Å². The molecule has 0 aliphatic carbocycles. The molecule has 0 saturated carbocycles. The molecule has 2 N–H and O–H groups in total. The van der Waals surface area contributed by atoms with Gasteiger partial charge in [-0.05, 0) is 29.8 Å². The van der Waals surface area contributed by atoms with Crippen LogP contribution in [0.2, 0.25) is 0 Å². The Bertz CT molecular complexity index is 1220. The van der Waals surface area contributed by atoms with E-state index in [9.17, 15) is 9.59 Å². The van der Waals surface area contributed by atoms with Gasteiger partial charge < -0.3 is 10.1 Å². The number of H-pyrrole nitrogens is 1. The number of carbonyl (C=O) groups is 1. The minimum Gasteiger partial charge on any atom is -0.497 e. The molecule has 0 bridgehead atoms. The van der Waals surface area contributed by atoms with Crippen molar-refractivity contribution in [3.8, 4) is 28.1 Å². The molecule has 148 valence electrons. The number of methoxy groups -OCH3 is 1. The van der Waals surface area contributed by atoms with Gasteiger partial charge in [-0.15, -0.1) is 0 Å². The smallest absolute Gasteiger partial charge is 0.277 e. The Kier molecular flexibility index (Phi) is 5.39. The molecule has 3 aromatic carbocycles. The summed E-state index contributed by atoms with van der Waals surface area (Å²) in [6, 6.07) is 25.6. The lowest BCUT2D eigenvalue weighted by Gasteiger charge is -2.14. The van der Waals surface area contributed by atoms with Gasteiger partial charge >= 0.3 is 0 Å². The number of aromatic amines is 1. The zero-order valence-corrected chi connectivity index (χ0v) is 16.3. The van der Waals surface area contributed by atoms with E-state index in [0.29, 0.717) is 22.7 Å². The number of hydrogen-bond donors (Lipinski definition) is 2. The Balaban J connectivity index is 1.85. The minimum atomic E-state index is -0.556. The van der Waals surface area contributed by atoms with Gasteiger partial charge in [0, 0.05) is 16.8 Å². The Morgan fingerprint density at radius 1 is 0.867 bits per heavy atom. The molecule has 0 unspecified atom stereocenters. The predicted octanol–water partition coefficient (Wildman–Crippen LogP) is 4.36. The maximum Gasteiger partial charge on any atom is 0.277 e. The van der Waals surface area contributed by atoms with Crippen molar-refractivity contribution >= 4 is 11.6 Å². The van der Waals surface area contributed by atoms with Gasteiger partial charge in [0.1, 0.15) is 11.3 Å². The van der Waals surface area contributed by atoms with Crippen LogP contribution in [0.25, 0.3) is 22.4 Å². The molecule has 6 nitrogen and oxygen atoms in total. The normalized spacial score (nSPS) is 10.4. The first kappa shape index (κ1) is 19.1. The van der Waals surface area contributed by atoms with Crippen LogP contribution in [-0.2, 0) is 0 Å². The molecule has 0 aliphatic rings. The zero-order valence-electron chi connectivity index (χ0n) is 16.3. The summed E-state index contributed by atoms with van der Waals surface area (Å²) in [5, 5.41) is 9.54. The van der Waals surface area contributed by atoms with Gasteiger partial charge in [-0.25, -0.2) is 5.10 Å². The van der Waals surface area contributed by atoms with Gasteiger partial charge in [-0.2, -0.15) is 5.10 Å². The third kappa shape index (κ3) is 3.84. The third-order valence-electron chi connectivity index (χ3n) is 4.67. The van der Waals surface area contributed by atoms with Gasteiger partial charge in [0.2, 0.25) is 0 Å². The molecule has 0 fully saturated rings. The average Bonchev–Trinajstić information content (AvgIpc) is 2.80. The van der Waals surface area contributed by atoms with Gasteiger partial charge in [0.25, 0.3) is 11.5 Å². The van der Waals surface area contributed by atoms with E-state index in [2.05, 4.69) is 15.5 Å². The summed E-state index contributed by atoms with van der Waals surface area (Å²) >= 11 is 0. The highest BCUT2D eigenvalue weighted by Crippen LogP contribution is 2.32. The number of ether oxygens (including phenoxy) is 1. The molecule has 6 heteroatoms. The topological polar surface area (TPSA) is 84.1 Å². The van der Waals surface area contributed by atoms with E-state index < -0.39 is 11.5 Å². The van der Waals surface area contributed by atoms with Crippen molar-refractivity contribution in [3.63, 3.8) is 0 Å². The highest BCUT2D eigenvalue weighted by molar-refractivity contribution is 6.10. The Morgan fingerprint density at radius 2 is 1.47 bits per heavy atom. The summed E-state index contributed by atoms with van der Waals surface area (Å²) in [5.74, 6) is 0.158. The lowest BCUT2D eigenvalue weighted by Crippen LogP contribution is -2.26. The fraction of sp³-hybridized carbons (Fsp3) is 0.0417. The Morgan fingerprint density at radius 3 is 2.07 bits per heavy atom. The summed E-state index contributed by atoms with van der Waals surface area (Å²) in [6.45, 7) is 0. The van der Waals surface area contributed by atoms with Gasteiger partial charge in [-0.1, -0.05) is 60.7 Å². The van der Waals surface area contributed by atoms with Crippen LogP contribution in [0.3, 0.4) is 0 Å². The van der Waals surface area contributed by atoms with Crippen LogP contribution in [0.5, 0.6) is 5.75 Å². The van der Waals surface area contributed by atoms with Crippen molar-refractivity contribution in [1.82, 2.24) is 10.2 Å². The second kappa shape index (κ2) is 8.45. The molecule has 0 radical (unpaired) electrons. The maximum absolute atomic E-state index is 13.2. The molecule has 1 aromatic heterocycles. The molecule has 0 spiro atoms. The second-order valence-electron chi connectivity index (χ2n) is 6.57. The predicted molar refractivity (Wildman–Crippen MR) is 117 cm³/mol. The number of hydrogen-bond acceptors (Lipinski definition) is 4. The second-order valence-corrected chi connectivity index (χ2v) is 6.57. The summed E-state index contributed by atoms with van der Waals surface area (Å²) in [5.41, 5.74) is 2.54. The van der Waals surface area contributed by atoms with Gasteiger partial charge in [0.15, 0.2) is 0 Å². The monoisotopic (exact) mass is 397 g/mol. The Labute approximate surface area is 173 Å². The van der Waals surface area contributed by atoms with Crippen molar-refractivity contribution in [3.05, 3.63) is 101 Å². The molecular weight excluding hydrogens is 378 g/mol. The number of anilines is 1. The van der Waals surface area contributed by atoms with Crippen LogP contribution in [0.4, 0.5) is 5.69 Å². The van der Waals surface area contributed by atoms with Gasteiger partial charge in [-0.3, -0.25) is 9.59 Å². The molecular formula is C24H19N3O3. The third-order valence-corrected chi connectivity index (χ3v) is 4.67. The van der Waals surface area contributed by atoms with Crippen LogP contribution in [0.15, 0.2) is 89.7 Å². The molecule has 4 aromatic rings. The maximum atomic E-state index is 13.2. The number of aromatic nitrogens is 2. The van der Waals surface area contributed by atoms with Crippen LogP contribution in [-0.4, -0.2) is 23.2 Å². The van der Waals surface area contributed by atoms with Crippen molar-refractivity contribution < 1.29 is 9.53 Å². The number of rotatable bonds is 5. The molecule has 1 heterocycles.